The van der Waals surface area contributed by atoms with Crippen molar-refractivity contribution in [2.24, 2.45) is 0 Å². The van der Waals surface area contributed by atoms with Gasteiger partial charge in [0, 0.05) is 33.1 Å². The van der Waals surface area contributed by atoms with Crippen LogP contribution in [-0.4, -0.2) is 24.5 Å². The SMILES string of the molecule is COc1ccc(C(=C2\SC(C)=C(SC)S2)/C(=C2/SC(C)=C(SC)S2)c2ccc([N+](=O)[O-])cc2)cc1. The van der Waals surface area contributed by atoms with E-state index in [0.29, 0.717) is 0 Å². The first-order valence-corrected chi connectivity index (χ1v) is 16.2. The summed E-state index contributed by atoms with van der Waals surface area (Å²) in [5, 5.41) is 11.3. The predicted molar refractivity (Wildman–Crippen MR) is 163 cm³/mol. The molecule has 35 heavy (non-hydrogen) atoms. The molecule has 0 spiro atoms. The average molecular weight is 578 g/mol. The Kier molecular flexibility index (Phi) is 9.04. The molecule has 182 valence electrons. The van der Waals surface area contributed by atoms with Crippen molar-refractivity contribution in [3.63, 3.8) is 0 Å². The maximum absolute atomic E-state index is 11.3. The number of benzene rings is 2. The molecule has 0 aliphatic carbocycles. The first-order chi connectivity index (χ1) is 16.9. The maximum atomic E-state index is 11.3. The van der Waals surface area contributed by atoms with Crippen molar-refractivity contribution < 1.29 is 9.66 Å². The van der Waals surface area contributed by atoms with E-state index in [4.69, 9.17) is 4.74 Å². The number of non-ortho nitro benzene ring substituents is 1. The van der Waals surface area contributed by atoms with Crippen LogP contribution in [0.3, 0.4) is 0 Å². The molecule has 0 aromatic heterocycles. The Bertz CT molecular complexity index is 1280. The molecule has 2 aliphatic rings. The van der Waals surface area contributed by atoms with Crippen molar-refractivity contribution in [3.8, 4) is 5.75 Å². The van der Waals surface area contributed by atoms with Crippen LogP contribution in [0.5, 0.6) is 5.75 Å². The summed E-state index contributed by atoms with van der Waals surface area (Å²) in [6.45, 7) is 4.32. The van der Waals surface area contributed by atoms with Crippen LogP contribution in [0.4, 0.5) is 5.69 Å². The molecule has 0 unspecified atom stereocenters. The van der Waals surface area contributed by atoms with Gasteiger partial charge in [0.25, 0.3) is 5.69 Å². The van der Waals surface area contributed by atoms with E-state index in [2.05, 4.69) is 38.5 Å². The van der Waals surface area contributed by atoms with Gasteiger partial charge in [-0.25, -0.2) is 0 Å². The molecule has 2 aromatic carbocycles. The molecule has 10 heteroatoms. The Morgan fingerprint density at radius 3 is 1.54 bits per heavy atom. The third kappa shape index (κ3) is 5.83. The number of rotatable bonds is 7. The van der Waals surface area contributed by atoms with Crippen LogP contribution in [-0.2, 0) is 0 Å². The zero-order chi connectivity index (χ0) is 25.1. The average Bonchev–Trinajstić information content (AvgIpc) is 3.43. The number of nitrogens with zero attached hydrogens (tertiary/aromatic N) is 1. The molecule has 0 fully saturated rings. The highest BCUT2D eigenvalue weighted by atomic mass is 32.2. The molecule has 4 nitrogen and oxygen atoms in total. The summed E-state index contributed by atoms with van der Waals surface area (Å²) in [5.74, 6) is 0.806. The Hall–Kier alpha value is -1.30. The summed E-state index contributed by atoms with van der Waals surface area (Å²) >= 11 is 10.7. The minimum Gasteiger partial charge on any atom is -0.497 e. The highest BCUT2D eigenvalue weighted by molar-refractivity contribution is 8.36. The number of ether oxygens (including phenoxy) is 1. The van der Waals surface area contributed by atoms with E-state index >= 15 is 0 Å². The molecule has 0 bridgehead atoms. The number of nitro groups is 1. The highest BCUT2D eigenvalue weighted by Crippen LogP contribution is 2.61. The van der Waals surface area contributed by atoms with Gasteiger partial charge in [-0.05, 0) is 61.8 Å². The number of methoxy groups -OCH3 is 1. The molecule has 0 atom stereocenters. The second-order valence-corrected chi connectivity index (χ2v) is 14.5. The summed E-state index contributed by atoms with van der Waals surface area (Å²) in [6.07, 6.45) is 4.21. The summed E-state index contributed by atoms with van der Waals surface area (Å²) in [4.78, 5) is 13.6. The molecule has 0 amide bonds. The zero-order valence-corrected chi connectivity index (χ0v) is 24.6. The van der Waals surface area contributed by atoms with Crippen LogP contribution < -0.4 is 4.74 Å². The van der Waals surface area contributed by atoms with Crippen LogP contribution in [0.25, 0.3) is 11.1 Å². The third-order valence-electron chi connectivity index (χ3n) is 5.21. The Labute approximate surface area is 231 Å². The summed E-state index contributed by atoms with van der Waals surface area (Å²) in [5.41, 5.74) is 4.40. The van der Waals surface area contributed by atoms with Gasteiger partial charge in [-0.1, -0.05) is 59.2 Å². The smallest absolute Gasteiger partial charge is 0.269 e. The van der Waals surface area contributed by atoms with Gasteiger partial charge < -0.3 is 4.74 Å². The number of allylic oxidation sites excluding steroid dienone is 4. The topological polar surface area (TPSA) is 52.4 Å². The standard InChI is InChI=1S/C25H23NO3S6/c1-14-22(30-4)34-24(32-14)20(16-6-10-18(11-7-16)26(27)28)21(17-8-12-19(29-3)13-9-17)25-33-15(2)23(31-5)35-25/h6-13H,1-5H3/b24-20-,25-21-. The fraction of sp³-hybridized carbons (Fsp3) is 0.200. The summed E-state index contributed by atoms with van der Waals surface area (Å²) in [7, 11) is 1.67. The van der Waals surface area contributed by atoms with Gasteiger partial charge >= 0.3 is 0 Å². The van der Waals surface area contributed by atoms with Crippen LogP contribution in [0.2, 0.25) is 0 Å². The van der Waals surface area contributed by atoms with E-state index in [-0.39, 0.29) is 10.6 Å². The maximum Gasteiger partial charge on any atom is 0.269 e. The molecule has 0 radical (unpaired) electrons. The van der Waals surface area contributed by atoms with Gasteiger partial charge in [0.2, 0.25) is 0 Å². The molecule has 2 aliphatic heterocycles. The van der Waals surface area contributed by atoms with Gasteiger partial charge in [0.1, 0.15) is 5.75 Å². The minimum atomic E-state index is -0.350. The van der Waals surface area contributed by atoms with Crippen molar-refractivity contribution in [2.75, 3.05) is 19.6 Å². The monoisotopic (exact) mass is 577 g/mol. The Morgan fingerprint density at radius 1 is 0.771 bits per heavy atom. The lowest BCUT2D eigenvalue weighted by Gasteiger charge is -2.19. The van der Waals surface area contributed by atoms with Crippen LogP contribution in [0.1, 0.15) is 25.0 Å². The molecule has 4 rings (SSSR count). The van der Waals surface area contributed by atoms with Gasteiger partial charge in [-0.2, -0.15) is 0 Å². The van der Waals surface area contributed by atoms with Crippen molar-refractivity contribution >= 4 is 87.4 Å². The molecule has 0 N–H and O–H groups in total. The van der Waals surface area contributed by atoms with E-state index in [1.807, 2.05) is 24.3 Å². The number of nitro benzene ring substituents is 1. The van der Waals surface area contributed by atoms with Crippen molar-refractivity contribution in [1.82, 2.24) is 0 Å². The first kappa shape index (κ1) is 26.8. The first-order valence-electron chi connectivity index (χ1n) is 10.5. The van der Waals surface area contributed by atoms with E-state index in [1.54, 1.807) is 89.8 Å². The van der Waals surface area contributed by atoms with Crippen LogP contribution in [0, 0.1) is 10.1 Å². The molecular formula is C25H23NO3S6. The zero-order valence-electron chi connectivity index (χ0n) is 19.7. The Balaban J connectivity index is 1.96. The van der Waals surface area contributed by atoms with Gasteiger partial charge in [0.05, 0.1) is 29.0 Å². The van der Waals surface area contributed by atoms with E-state index in [9.17, 15) is 10.1 Å². The second kappa shape index (κ2) is 11.8. The lowest BCUT2D eigenvalue weighted by Crippen LogP contribution is -1.96. The van der Waals surface area contributed by atoms with Crippen LogP contribution in [0.15, 0.2) is 75.3 Å². The van der Waals surface area contributed by atoms with Gasteiger partial charge in [-0.15, -0.1) is 23.5 Å². The van der Waals surface area contributed by atoms with Crippen molar-refractivity contribution in [3.05, 3.63) is 96.5 Å². The molecule has 0 saturated heterocycles. The van der Waals surface area contributed by atoms with E-state index in [1.165, 1.54) is 26.8 Å². The minimum absolute atomic E-state index is 0.0920. The second-order valence-electron chi connectivity index (χ2n) is 7.36. The van der Waals surface area contributed by atoms with E-state index < -0.39 is 0 Å². The largest absolute Gasteiger partial charge is 0.497 e. The highest BCUT2D eigenvalue weighted by Gasteiger charge is 2.29. The number of hydrogen-bond donors (Lipinski definition) is 0. The predicted octanol–water partition coefficient (Wildman–Crippen LogP) is 9.70. The normalized spacial score (nSPS) is 18.9. The lowest BCUT2D eigenvalue weighted by molar-refractivity contribution is -0.384. The lowest BCUT2D eigenvalue weighted by atomic mass is 9.94. The number of hydrogen-bond acceptors (Lipinski definition) is 9. The summed E-state index contributed by atoms with van der Waals surface area (Å²) in [6, 6.07) is 15.1. The quantitative estimate of drug-likeness (QED) is 0.236. The van der Waals surface area contributed by atoms with E-state index in [0.717, 1.165) is 28.0 Å². The third-order valence-corrected chi connectivity index (χ3v) is 13.1. The molecule has 2 heterocycles. The number of thioether (sulfide) groups is 6. The molecule has 0 saturated carbocycles. The Morgan fingerprint density at radius 2 is 1.20 bits per heavy atom. The fourth-order valence-electron chi connectivity index (χ4n) is 3.53. The fourth-order valence-corrected chi connectivity index (χ4v) is 11.1. The summed E-state index contributed by atoms with van der Waals surface area (Å²) < 4.78 is 10.4. The van der Waals surface area contributed by atoms with Crippen molar-refractivity contribution in [1.29, 1.82) is 0 Å². The van der Waals surface area contributed by atoms with Gasteiger partial charge in [-0.3, -0.25) is 10.1 Å². The molecule has 2 aromatic rings. The molecular weight excluding hydrogens is 555 g/mol. The van der Waals surface area contributed by atoms with Gasteiger partial charge in [0.15, 0.2) is 0 Å². The van der Waals surface area contributed by atoms with Crippen LogP contribution >= 0.6 is 70.6 Å². The van der Waals surface area contributed by atoms with Crippen molar-refractivity contribution in [2.45, 2.75) is 13.8 Å².